The summed E-state index contributed by atoms with van der Waals surface area (Å²) in [5, 5.41) is 0. The zero-order chi connectivity index (χ0) is 9.98. The highest BCUT2D eigenvalue weighted by molar-refractivity contribution is 14.2. The molecule has 0 amide bonds. The fourth-order valence-corrected chi connectivity index (χ4v) is 0.264. The molecule has 0 bridgehead atoms. The van der Waals surface area contributed by atoms with E-state index in [2.05, 4.69) is 44.7 Å². The Balaban J connectivity index is 0. The summed E-state index contributed by atoms with van der Waals surface area (Å²) in [4.78, 5) is 7.90. The average molecular weight is 300 g/mol. The lowest BCUT2D eigenvalue weighted by Gasteiger charge is -1.89. The van der Waals surface area contributed by atoms with Crippen LogP contribution in [-0.4, -0.2) is 24.8 Å². The molecule has 72 valence electrons. The van der Waals surface area contributed by atoms with Gasteiger partial charge in [0, 0.05) is 0 Å². The molecule has 12 heavy (non-hydrogen) atoms. The molecule has 1 unspecified atom stereocenters. The molecule has 0 aromatic heterocycles. The highest BCUT2D eigenvalue weighted by atomic mass is 127. The van der Waals surface area contributed by atoms with Crippen molar-refractivity contribution in [2.75, 3.05) is 6.66 Å². The number of hydrogen-bond donors (Lipinski definition) is 0. The Bertz CT molecular complexity index is 128. The van der Waals surface area contributed by atoms with Gasteiger partial charge in [-0.15, -0.1) is 0 Å². The van der Waals surface area contributed by atoms with Crippen LogP contribution in [-0.2, 0) is 0 Å². The highest BCUT2D eigenvalue weighted by Crippen LogP contribution is 2.11. The van der Waals surface area contributed by atoms with Gasteiger partial charge < -0.3 is 0 Å². The lowest BCUT2D eigenvalue weighted by Crippen LogP contribution is -1.88. The lowest BCUT2D eigenvalue weighted by atomic mass is 10.4. The van der Waals surface area contributed by atoms with Gasteiger partial charge in [-0.05, 0) is 34.4 Å². The number of rotatable bonds is 2. The summed E-state index contributed by atoms with van der Waals surface area (Å²) in [7, 11) is 0. The van der Waals surface area contributed by atoms with E-state index in [1.54, 1.807) is 0 Å². The van der Waals surface area contributed by atoms with E-state index < -0.39 is 0 Å². The van der Waals surface area contributed by atoms with Crippen molar-refractivity contribution in [3.8, 4) is 0 Å². The molecule has 0 radical (unpaired) electrons. The monoisotopic (exact) mass is 300 g/mol. The van der Waals surface area contributed by atoms with Crippen molar-refractivity contribution >= 4 is 34.3 Å². The predicted molar refractivity (Wildman–Crippen MR) is 68.4 cm³/mol. The van der Waals surface area contributed by atoms with Gasteiger partial charge in [-0.1, -0.05) is 28.3 Å². The fraction of sp³-hybridized carbons (Fsp3) is 0.875. The third kappa shape index (κ3) is 22.4. The van der Waals surface area contributed by atoms with Crippen LogP contribution in [0.5, 0.6) is 0 Å². The van der Waals surface area contributed by atoms with Crippen molar-refractivity contribution in [3.63, 3.8) is 0 Å². The van der Waals surface area contributed by atoms with Crippen LogP contribution in [0.15, 0.2) is 9.98 Å². The van der Waals surface area contributed by atoms with Gasteiger partial charge in [0.1, 0.15) is 0 Å². The molecule has 0 rings (SSSR count). The Hall–Kier alpha value is 0.540. The summed E-state index contributed by atoms with van der Waals surface area (Å²) in [6.45, 7) is 10.2. The summed E-state index contributed by atoms with van der Waals surface area (Å²) < 4.78 is 0. The van der Waals surface area contributed by atoms with E-state index in [9.17, 15) is 0 Å². The van der Waals surface area contributed by atoms with Gasteiger partial charge in [-0.3, -0.25) is 0 Å². The molecule has 0 fully saturated rings. The van der Waals surface area contributed by atoms with Crippen molar-refractivity contribution in [1.82, 2.24) is 0 Å². The number of hydrogen-bond acceptors (Lipinski definition) is 2. The first-order valence-corrected chi connectivity index (χ1v) is 8.58. The number of aliphatic imine (C=N–C) groups is 2. The Morgan fingerprint density at radius 3 is 1.50 bits per heavy atom. The van der Waals surface area contributed by atoms with E-state index in [0.29, 0.717) is 12.1 Å². The van der Waals surface area contributed by atoms with Crippen LogP contribution < -0.4 is 0 Å². The fourth-order valence-electron chi connectivity index (χ4n) is 0.264. The van der Waals surface area contributed by atoms with Crippen molar-refractivity contribution in [2.45, 2.75) is 39.8 Å². The summed E-state index contributed by atoms with van der Waals surface area (Å²) >= 11 is 2.32. The quantitative estimate of drug-likeness (QED) is 0.423. The van der Waals surface area contributed by atoms with E-state index in [4.69, 9.17) is 0 Å². The summed E-state index contributed by atoms with van der Waals surface area (Å²) in [5.74, 6) is 0. The van der Waals surface area contributed by atoms with Gasteiger partial charge in [-0.2, -0.15) is 0 Å². The standard InChI is InChI=1S/C7H14N2.CH4IP/c1-6(2)8-5-9-7(3)4;1-3-2/h6-7H,1-4H3;3H,1H3. The van der Waals surface area contributed by atoms with Crippen LogP contribution in [0.25, 0.3) is 0 Å². The van der Waals surface area contributed by atoms with Crippen molar-refractivity contribution in [3.05, 3.63) is 0 Å². The largest absolute Gasteiger partial charge is 0.223 e. The first-order valence-electron chi connectivity index (χ1n) is 3.96. The van der Waals surface area contributed by atoms with Crippen LogP contribution in [0, 0.1) is 0 Å². The minimum atomic E-state index is 0.312. The minimum Gasteiger partial charge on any atom is -0.223 e. The Labute approximate surface area is 90.6 Å². The summed E-state index contributed by atoms with van der Waals surface area (Å²) in [6.07, 6.45) is 1.05. The maximum Gasteiger partial charge on any atom is 0.0897 e. The molecular weight excluding hydrogens is 282 g/mol. The molecule has 0 aromatic carbocycles. The predicted octanol–water partition coefficient (Wildman–Crippen LogP) is 3.62. The zero-order valence-electron chi connectivity index (χ0n) is 8.43. The van der Waals surface area contributed by atoms with E-state index in [1.807, 2.05) is 27.7 Å². The minimum absolute atomic E-state index is 0.312. The second-order valence-electron chi connectivity index (χ2n) is 2.73. The maximum atomic E-state index is 3.95. The van der Waals surface area contributed by atoms with Gasteiger partial charge in [0.2, 0.25) is 0 Å². The molecule has 0 heterocycles. The van der Waals surface area contributed by atoms with Crippen LogP contribution in [0.1, 0.15) is 27.7 Å². The van der Waals surface area contributed by atoms with Crippen LogP contribution >= 0.6 is 28.3 Å². The summed E-state index contributed by atoms with van der Waals surface area (Å²) in [5.41, 5.74) is 0. The topological polar surface area (TPSA) is 24.7 Å². The van der Waals surface area contributed by atoms with Crippen molar-refractivity contribution in [1.29, 1.82) is 0 Å². The van der Waals surface area contributed by atoms with Crippen LogP contribution in [0.2, 0.25) is 0 Å². The summed E-state index contributed by atoms with van der Waals surface area (Å²) in [6, 6.07) is 3.26. The van der Waals surface area contributed by atoms with Crippen molar-refractivity contribution in [2.24, 2.45) is 9.98 Å². The first kappa shape index (κ1) is 15.0. The Morgan fingerprint density at radius 1 is 1.08 bits per heavy atom. The Morgan fingerprint density at radius 2 is 1.33 bits per heavy atom. The molecule has 2 nitrogen and oxygen atoms in total. The highest BCUT2D eigenvalue weighted by Gasteiger charge is 1.82. The molecule has 0 aliphatic carbocycles. The zero-order valence-corrected chi connectivity index (χ0v) is 11.6. The van der Waals surface area contributed by atoms with Crippen LogP contribution in [0.3, 0.4) is 0 Å². The molecule has 0 spiro atoms. The molecule has 1 atom stereocenters. The molecule has 0 aromatic rings. The van der Waals surface area contributed by atoms with E-state index in [-0.39, 0.29) is 0 Å². The molecule has 0 aliphatic heterocycles. The second-order valence-corrected chi connectivity index (χ2v) is 6.35. The SMILES string of the molecule is CC(C)N=C=NC(C)C.CPI. The molecular formula is C8H18IN2P. The first-order chi connectivity index (χ1) is 5.54. The molecule has 4 heteroatoms. The van der Waals surface area contributed by atoms with Gasteiger partial charge >= 0.3 is 0 Å². The third-order valence-corrected chi connectivity index (χ3v) is 0.632. The number of halogens is 1. The third-order valence-electron chi connectivity index (χ3n) is 0.632. The molecule has 0 aliphatic rings. The van der Waals surface area contributed by atoms with Gasteiger partial charge in [0.15, 0.2) is 0 Å². The second kappa shape index (κ2) is 11.5. The molecule has 0 saturated heterocycles. The average Bonchev–Trinajstić information content (AvgIpc) is 1.87. The Kier molecular flexibility index (Phi) is 14.5. The van der Waals surface area contributed by atoms with E-state index >= 15 is 0 Å². The van der Waals surface area contributed by atoms with Gasteiger partial charge in [0.25, 0.3) is 0 Å². The number of nitrogens with zero attached hydrogens (tertiary/aromatic N) is 2. The van der Waals surface area contributed by atoms with Crippen LogP contribution in [0.4, 0.5) is 0 Å². The van der Waals surface area contributed by atoms with Gasteiger partial charge in [-0.25, -0.2) is 9.98 Å². The van der Waals surface area contributed by atoms with E-state index in [0.717, 1.165) is 6.22 Å². The van der Waals surface area contributed by atoms with E-state index in [1.165, 1.54) is 0 Å². The van der Waals surface area contributed by atoms with Crippen molar-refractivity contribution < 1.29 is 0 Å². The normalized spacial score (nSPS) is 9.67. The molecule has 0 N–H and O–H groups in total. The van der Waals surface area contributed by atoms with Gasteiger partial charge in [0.05, 0.1) is 18.1 Å². The smallest absolute Gasteiger partial charge is 0.0897 e. The maximum absolute atomic E-state index is 3.95. The molecule has 0 saturated carbocycles. The lowest BCUT2D eigenvalue weighted by molar-refractivity contribution is 0.818.